The van der Waals surface area contributed by atoms with Crippen LogP contribution in [0.15, 0.2) is 78.9 Å². The summed E-state index contributed by atoms with van der Waals surface area (Å²) in [6.45, 7) is 10.0. The summed E-state index contributed by atoms with van der Waals surface area (Å²) in [6, 6.07) is 30.0. The zero-order valence-electron chi connectivity index (χ0n) is 23.9. The lowest BCUT2D eigenvalue weighted by atomic mass is 9.71. The number of benzene rings is 3. The molecule has 3 aromatic rings. The molecule has 1 unspecified atom stereocenters. The number of hydrogen-bond acceptors (Lipinski definition) is 0. The first-order valence-corrected chi connectivity index (χ1v) is 16.5. The Labute approximate surface area is 229 Å². The number of rotatable bonds is 6. The van der Waals surface area contributed by atoms with Crippen molar-refractivity contribution in [2.24, 2.45) is 5.92 Å². The molecule has 0 bridgehead atoms. The van der Waals surface area contributed by atoms with Gasteiger partial charge in [-0.05, 0) is 60.3 Å². The molecule has 1 saturated carbocycles. The van der Waals surface area contributed by atoms with Gasteiger partial charge in [-0.25, -0.2) is 0 Å². The van der Waals surface area contributed by atoms with Gasteiger partial charge in [-0.15, -0.1) is 0 Å². The Morgan fingerprint density at radius 3 is 1.41 bits per heavy atom. The second kappa shape index (κ2) is 13.6. The summed E-state index contributed by atoms with van der Waals surface area (Å²) >= 11 is 0. The van der Waals surface area contributed by atoms with Gasteiger partial charge in [0.05, 0.1) is 0 Å². The minimum absolute atomic E-state index is 0.159. The predicted molar refractivity (Wildman–Crippen MR) is 165 cm³/mol. The van der Waals surface area contributed by atoms with Crippen LogP contribution in [-0.2, 0) is 0 Å². The van der Waals surface area contributed by atoms with Crippen LogP contribution < -0.4 is 10.4 Å². The van der Waals surface area contributed by atoms with Crippen molar-refractivity contribution in [3.63, 3.8) is 0 Å². The minimum Gasteiger partial charge on any atom is -0.0628 e. The van der Waals surface area contributed by atoms with E-state index in [2.05, 4.69) is 107 Å². The van der Waals surface area contributed by atoms with Crippen LogP contribution in [0.25, 0.3) is 0 Å². The van der Waals surface area contributed by atoms with Crippen molar-refractivity contribution in [3.05, 3.63) is 95.6 Å². The zero-order valence-corrected chi connectivity index (χ0v) is 24.9. The molecule has 1 heteroatoms. The first-order valence-electron chi connectivity index (χ1n) is 15.0. The zero-order chi connectivity index (χ0) is 26.1. The van der Waals surface area contributed by atoms with Crippen molar-refractivity contribution in [3.8, 4) is 0 Å². The van der Waals surface area contributed by atoms with E-state index in [1.807, 2.05) is 0 Å². The van der Waals surface area contributed by atoms with Crippen molar-refractivity contribution >= 4 is 19.2 Å². The van der Waals surface area contributed by atoms with E-state index in [4.69, 9.17) is 0 Å². The fourth-order valence-electron chi connectivity index (χ4n) is 7.31. The van der Waals surface area contributed by atoms with Crippen LogP contribution in [0.1, 0.15) is 107 Å². The molecule has 0 aromatic heterocycles. The van der Waals surface area contributed by atoms with E-state index in [0.717, 1.165) is 5.92 Å². The molecule has 0 N–H and O–H groups in total. The molecule has 197 valence electrons. The van der Waals surface area contributed by atoms with E-state index < -0.39 is 8.80 Å². The van der Waals surface area contributed by atoms with E-state index in [9.17, 15) is 0 Å². The highest BCUT2D eigenvalue weighted by Gasteiger charge is 2.45. The van der Waals surface area contributed by atoms with Crippen molar-refractivity contribution < 1.29 is 0 Å². The molecule has 0 aliphatic heterocycles. The molecule has 4 rings (SSSR count). The minimum atomic E-state index is -1.05. The quantitative estimate of drug-likeness (QED) is 0.290. The molecule has 3 aromatic carbocycles. The smallest absolute Gasteiger partial charge is 0.0628 e. The maximum atomic E-state index is 2.63. The summed E-state index contributed by atoms with van der Waals surface area (Å²) in [6.07, 6.45) is 15.5. The molecule has 0 nitrogen and oxygen atoms in total. The summed E-state index contributed by atoms with van der Waals surface area (Å²) in [5.74, 6) is 1.30. The highest BCUT2D eigenvalue weighted by molar-refractivity contribution is 6.87. The van der Waals surface area contributed by atoms with Crippen molar-refractivity contribution in [2.45, 2.75) is 109 Å². The Hall–Kier alpha value is -2.12. The van der Waals surface area contributed by atoms with E-state index in [1.54, 1.807) is 15.9 Å². The second-order valence-corrected chi connectivity index (χ2v) is 15.3. The summed E-state index contributed by atoms with van der Waals surface area (Å²) in [7, 11) is -1.05. The summed E-state index contributed by atoms with van der Waals surface area (Å²) in [4.78, 5) is 0. The maximum absolute atomic E-state index is 2.63. The van der Waals surface area contributed by atoms with Crippen LogP contribution in [0.4, 0.5) is 0 Å². The average molecular weight is 510 g/mol. The van der Waals surface area contributed by atoms with Crippen LogP contribution >= 0.6 is 0 Å². The summed E-state index contributed by atoms with van der Waals surface area (Å²) in [5, 5.41) is 3.26. The fourth-order valence-corrected chi connectivity index (χ4v) is 10.9. The van der Waals surface area contributed by atoms with Gasteiger partial charge in [0, 0.05) is 0 Å². The molecule has 1 aliphatic rings. The lowest BCUT2D eigenvalue weighted by Crippen LogP contribution is -2.53. The molecule has 1 radical (unpaired) electrons. The molecule has 0 heterocycles. The van der Waals surface area contributed by atoms with E-state index in [1.165, 1.54) is 81.8 Å². The Kier molecular flexibility index (Phi) is 10.3. The lowest BCUT2D eigenvalue weighted by molar-refractivity contribution is 0.291. The van der Waals surface area contributed by atoms with Crippen molar-refractivity contribution in [1.29, 1.82) is 0 Å². The highest BCUT2D eigenvalue weighted by Crippen LogP contribution is 2.53. The van der Waals surface area contributed by atoms with Gasteiger partial charge in [0.25, 0.3) is 0 Å². The largest absolute Gasteiger partial charge is 0.127 e. The first kappa shape index (κ1) is 27.9. The molecule has 0 spiro atoms. The van der Waals surface area contributed by atoms with Gasteiger partial charge in [0.15, 0.2) is 0 Å². The van der Waals surface area contributed by atoms with Crippen LogP contribution in [0.3, 0.4) is 0 Å². The fraction of sp³-hybridized carbons (Fsp3) is 0.500. The standard InChI is InChI=1S/C36H49Si/c1-29-21-20-22-30(2)34(29)35(31-23-14-10-8-6-5-7-9-11-15-24-31)36(3,4)37(32-25-16-12-17-26-32)33-27-18-13-19-28-33/h12-13,16-22,25-28,31,35H,5-11,14-15,23-24H2,1-4H3. The molecule has 37 heavy (non-hydrogen) atoms. The normalized spacial score (nSPS) is 17.6. The van der Waals surface area contributed by atoms with Gasteiger partial charge < -0.3 is 0 Å². The van der Waals surface area contributed by atoms with E-state index >= 15 is 0 Å². The third kappa shape index (κ3) is 7.05. The van der Waals surface area contributed by atoms with Crippen molar-refractivity contribution in [2.75, 3.05) is 0 Å². The van der Waals surface area contributed by atoms with Crippen LogP contribution in [0.5, 0.6) is 0 Å². The van der Waals surface area contributed by atoms with Crippen LogP contribution in [0.2, 0.25) is 5.04 Å². The van der Waals surface area contributed by atoms with Gasteiger partial charge >= 0.3 is 0 Å². The maximum Gasteiger partial charge on any atom is 0.127 e. The van der Waals surface area contributed by atoms with Crippen LogP contribution in [-0.4, -0.2) is 8.80 Å². The second-order valence-electron chi connectivity index (χ2n) is 12.1. The average Bonchev–Trinajstić information content (AvgIpc) is 2.88. The van der Waals surface area contributed by atoms with Gasteiger partial charge in [-0.2, -0.15) is 0 Å². The summed E-state index contributed by atoms with van der Waals surface area (Å²) in [5.41, 5.74) is 4.64. The molecule has 1 fully saturated rings. The Morgan fingerprint density at radius 2 is 0.973 bits per heavy atom. The van der Waals surface area contributed by atoms with Crippen molar-refractivity contribution in [1.82, 2.24) is 0 Å². The van der Waals surface area contributed by atoms with Gasteiger partial charge in [0.2, 0.25) is 0 Å². The molecule has 0 saturated heterocycles. The molecule has 1 aliphatic carbocycles. The number of hydrogen-bond donors (Lipinski definition) is 0. The summed E-state index contributed by atoms with van der Waals surface area (Å²) < 4.78 is 0. The Balaban J connectivity index is 1.83. The van der Waals surface area contributed by atoms with Gasteiger partial charge in [-0.1, -0.05) is 161 Å². The topological polar surface area (TPSA) is 0 Å². The molecule has 1 atom stereocenters. The Morgan fingerprint density at radius 1 is 0.568 bits per heavy atom. The first-order chi connectivity index (χ1) is 18.0. The predicted octanol–water partition coefficient (Wildman–Crippen LogP) is 9.40. The molecular formula is C36H49Si. The third-order valence-corrected chi connectivity index (χ3v) is 12.4. The van der Waals surface area contributed by atoms with Gasteiger partial charge in [0.1, 0.15) is 8.80 Å². The Bertz CT molecular complexity index is 997. The van der Waals surface area contributed by atoms with E-state index in [0.29, 0.717) is 5.92 Å². The number of aryl methyl sites for hydroxylation is 2. The van der Waals surface area contributed by atoms with E-state index in [-0.39, 0.29) is 5.04 Å². The molecular weight excluding hydrogens is 460 g/mol. The van der Waals surface area contributed by atoms with Crippen LogP contribution in [0, 0.1) is 19.8 Å². The monoisotopic (exact) mass is 509 g/mol. The highest BCUT2D eigenvalue weighted by atomic mass is 28.3. The van der Waals surface area contributed by atoms with Gasteiger partial charge in [-0.3, -0.25) is 0 Å². The third-order valence-electron chi connectivity index (χ3n) is 9.02. The lowest BCUT2D eigenvalue weighted by Gasteiger charge is -2.46. The molecule has 0 amide bonds. The SMILES string of the molecule is Cc1cccc(C)c1C(C1CCCCCCCCCCC1)C(C)(C)[Si](c1ccccc1)c1ccccc1.